The highest BCUT2D eigenvalue weighted by Gasteiger charge is 2.19. The van der Waals surface area contributed by atoms with Crippen molar-refractivity contribution in [1.82, 2.24) is 0 Å². The van der Waals surface area contributed by atoms with Crippen LogP contribution in [0.1, 0.15) is 0 Å². The standard InChI is InChI=1S/C8H2F3NO/c9-3-1-4(10)6-5(2-3)12-8(13)7(6)11/h1-2H. The number of hydrogen-bond acceptors (Lipinski definition) is 1. The fourth-order valence-corrected chi connectivity index (χ4v) is 1.13. The Balaban J connectivity index is 3.01. The molecule has 13 heavy (non-hydrogen) atoms. The van der Waals surface area contributed by atoms with E-state index in [-0.39, 0.29) is 5.36 Å². The third kappa shape index (κ3) is 1.04. The molecular formula is C8H2F3NO. The summed E-state index contributed by atoms with van der Waals surface area (Å²) < 4.78 is 38.2. The van der Waals surface area contributed by atoms with E-state index in [1.807, 2.05) is 0 Å². The van der Waals surface area contributed by atoms with Crippen LogP contribution >= 0.6 is 0 Å². The minimum Gasteiger partial charge on any atom is -0.264 e. The molecule has 0 fully saturated rings. The first-order valence-electron chi connectivity index (χ1n) is 3.37. The number of rotatable bonds is 0. The lowest BCUT2D eigenvalue weighted by molar-refractivity contribution is -0.113. The molecule has 66 valence electrons. The van der Waals surface area contributed by atoms with Crippen LogP contribution in [0.15, 0.2) is 17.1 Å². The largest absolute Gasteiger partial charge is 0.307 e. The molecule has 2 nitrogen and oxygen atoms in total. The molecule has 0 radical (unpaired) electrons. The van der Waals surface area contributed by atoms with E-state index in [0.29, 0.717) is 6.07 Å². The minimum absolute atomic E-state index is 0.292. The second-order valence-corrected chi connectivity index (χ2v) is 2.51. The molecule has 1 aromatic rings. The van der Waals surface area contributed by atoms with Crippen molar-refractivity contribution >= 4 is 11.7 Å². The molecule has 0 bridgehead atoms. The van der Waals surface area contributed by atoms with Gasteiger partial charge in [0.15, 0.2) is 0 Å². The lowest BCUT2D eigenvalue weighted by Crippen LogP contribution is -2.27. The Morgan fingerprint density at radius 3 is 2.54 bits per heavy atom. The van der Waals surface area contributed by atoms with Gasteiger partial charge in [0.25, 0.3) is 0 Å². The molecular weight excluding hydrogens is 183 g/mol. The van der Waals surface area contributed by atoms with Crippen LogP contribution in [0, 0.1) is 11.6 Å². The van der Waals surface area contributed by atoms with Crippen LogP contribution in [0.5, 0.6) is 0 Å². The highest BCUT2D eigenvalue weighted by molar-refractivity contribution is 6.12. The molecule has 0 saturated carbocycles. The van der Waals surface area contributed by atoms with Crippen molar-refractivity contribution in [3.05, 3.63) is 34.3 Å². The number of amides is 1. The Morgan fingerprint density at radius 1 is 1.15 bits per heavy atom. The summed E-state index contributed by atoms with van der Waals surface area (Å²) in [4.78, 5) is 13.8. The third-order valence-electron chi connectivity index (χ3n) is 1.66. The number of carbonyl (C=O) groups is 1. The van der Waals surface area contributed by atoms with Crippen molar-refractivity contribution in [2.45, 2.75) is 0 Å². The van der Waals surface area contributed by atoms with Gasteiger partial charge in [-0.1, -0.05) is 0 Å². The predicted molar refractivity (Wildman–Crippen MR) is 36.7 cm³/mol. The molecule has 0 atom stereocenters. The summed E-state index contributed by atoms with van der Waals surface area (Å²) in [7, 11) is 0. The smallest absolute Gasteiger partial charge is 0.264 e. The van der Waals surface area contributed by atoms with Gasteiger partial charge in [0.1, 0.15) is 11.6 Å². The fourth-order valence-electron chi connectivity index (χ4n) is 1.13. The molecule has 1 heterocycles. The average molecular weight is 185 g/mol. The monoisotopic (exact) mass is 185 g/mol. The summed E-state index contributed by atoms with van der Waals surface area (Å²) in [6.07, 6.45) is 0. The van der Waals surface area contributed by atoms with E-state index in [2.05, 4.69) is 4.99 Å². The summed E-state index contributed by atoms with van der Waals surface area (Å²) in [6, 6.07) is 1.31. The number of nitrogens with zero attached hydrogens (tertiary/aromatic N) is 1. The number of halogens is 3. The maximum absolute atomic E-state index is 12.9. The molecule has 5 heteroatoms. The zero-order chi connectivity index (χ0) is 9.59. The molecule has 1 aromatic carbocycles. The Bertz CT molecular complexity index is 521. The van der Waals surface area contributed by atoms with Gasteiger partial charge in [-0.3, -0.25) is 4.79 Å². The normalized spacial score (nSPS) is 14.4. The lowest BCUT2D eigenvalue weighted by Gasteiger charge is -1.88. The van der Waals surface area contributed by atoms with E-state index in [1.54, 1.807) is 0 Å². The number of benzene rings is 1. The maximum Gasteiger partial charge on any atom is 0.307 e. The summed E-state index contributed by atoms with van der Waals surface area (Å²) >= 11 is 0. The maximum atomic E-state index is 12.9. The van der Waals surface area contributed by atoms with Gasteiger partial charge in [0.05, 0.1) is 10.6 Å². The van der Waals surface area contributed by atoms with Crippen LogP contribution in [0.2, 0.25) is 0 Å². The molecule has 1 aliphatic rings. The first kappa shape index (κ1) is 7.97. The van der Waals surface area contributed by atoms with Crippen LogP contribution in [0.4, 0.5) is 13.2 Å². The van der Waals surface area contributed by atoms with Crippen LogP contribution < -0.4 is 10.6 Å². The summed E-state index contributed by atoms with van der Waals surface area (Å²) in [6.45, 7) is 0. The van der Waals surface area contributed by atoms with E-state index in [4.69, 9.17) is 0 Å². The summed E-state index contributed by atoms with van der Waals surface area (Å²) in [5.41, 5.74) is 0. The summed E-state index contributed by atoms with van der Waals surface area (Å²) in [5.74, 6) is -4.43. The van der Waals surface area contributed by atoms with Crippen molar-refractivity contribution in [3.63, 3.8) is 0 Å². The van der Waals surface area contributed by atoms with Crippen molar-refractivity contribution in [2.24, 2.45) is 4.99 Å². The van der Waals surface area contributed by atoms with Crippen LogP contribution in [-0.4, -0.2) is 5.91 Å². The highest BCUT2D eigenvalue weighted by atomic mass is 19.1. The molecule has 0 spiro atoms. The van der Waals surface area contributed by atoms with Gasteiger partial charge in [0, 0.05) is 12.1 Å². The van der Waals surface area contributed by atoms with Gasteiger partial charge in [-0.2, -0.15) is 4.39 Å². The molecule has 0 N–H and O–H groups in total. The molecule has 1 aliphatic heterocycles. The molecule has 0 aromatic heterocycles. The zero-order valence-electron chi connectivity index (χ0n) is 6.14. The second kappa shape index (κ2) is 2.42. The van der Waals surface area contributed by atoms with Crippen LogP contribution in [-0.2, 0) is 4.79 Å². The predicted octanol–water partition coefficient (Wildman–Crippen LogP) is 0.202. The van der Waals surface area contributed by atoms with E-state index >= 15 is 0 Å². The van der Waals surface area contributed by atoms with Gasteiger partial charge in [0.2, 0.25) is 5.83 Å². The molecule has 2 rings (SSSR count). The molecule has 1 amide bonds. The topological polar surface area (TPSA) is 29.4 Å². The minimum atomic E-state index is -1.27. The average Bonchev–Trinajstić information content (AvgIpc) is 2.27. The third-order valence-corrected chi connectivity index (χ3v) is 1.66. The van der Waals surface area contributed by atoms with E-state index in [1.165, 1.54) is 0 Å². The van der Waals surface area contributed by atoms with Crippen molar-refractivity contribution in [3.8, 4) is 0 Å². The SMILES string of the molecule is O=C1N=c2cc(F)cc(F)c2=C1F. The Kier molecular flexibility index (Phi) is 1.48. The first-order chi connectivity index (χ1) is 6.09. The molecule has 0 aliphatic carbocycles. The Morgan fingerprint density at radius 2 is 1.85 bits per heavy atom. The molecule has 0 unspecified atom stereocenters. The molecule has 0 saturated heterocycles. The van der Waals surface area contributed by atoms with Crippen LogP contribution in [0.3, 0.4) is 0 Å². The first-order valence-corrected chi connectivity index (χ1v) is 3.37. The van der Waals surface area contributed by atoms with E-state index in [9.17, 15) is 18.0 Å². The number of carbonyl (C=O) groups excluding carboxylic acids is 1. The second-order valence-electron chi connectivity index (χ2n) is 2.51. The van der Waals surface area contributed by atoms with E-state index in [0.717, 1.165) is 6.07 Å². The lowest BCUT2D eigenvalue weighted by atomic mass is 10.2. The van der Waals surface area contributed by atoms with Gasteiger partial charge in [-0.05, 0) is 0 Å². The zero-order valence-corrected chi connectivity index (χ0v) is 6.14. The van der Waals surface area contributed by atoms with Gasteiger partial charge in [-0.25, -0.2) is 13.8 Å². The number of fused-ring (bicyclic) bond motifs is 1. The summed E-state index contributed by atoms with van der Waals surface area (Å²) in [5, 5.41) is -0.841. The Hall–Kier alpha value is -1.65. The van der Waals surface area contributed by atoms with Crippen LogP contribution in [0.25, 0.3) is 5.83 Å². The van der Waals surface area contributed by atoms with E-state index < -0.39 is 28.6 Å². The Labute approximate surface area is 70.0 Å². The van der Waals surface area contributed by atoms with Crippen molar-refractivity contribution < 1.29 is 18.0 Å². The quantitative estimate of drug-likeness (QED) is 0.567. The number of hydrogen-bond donors (Lipinski definition) is 0. The van der Waals surface area contributed by atoms with Gasteiger partial charge in [-0.15, -0.1) is 0 Å². The van der Waals surface area contributed by atoms with Crippen molar-refractivity contribution in [1.29, 1.82) is 0 Å². The van der Waals surface area contributed by atoms with Gasteiger partial charge >= 0.3 is 5.91 Å². The van der Waals surface area contributed by atoms with Crippen molar-refractivity contribution in [2.75, 3.05) is 0 Å². The fraction of sp³-hybridized carbons (Fsp3) is 0. The van der Waals surface area contributed by atoms with Gasteiger partial charge < -0.3 is 0 Å². The highest BCUT2D eigenvalue weighted by Crippen LogP contribution is 2.03.